The lowest BCUT2D eigenvalue weighted by Crippen LogP contribution is -2.47. The maximum Gasteiger partial charge on any atom is 0.185 e. The molecular weight excluding hydrogens is 317 g/mol. The molecule has 3 heterocycles. The van der Waals surface area contributed by atoms with Crippen molar-refractivity contribution in [1.29, 1.82) is 0 Å². The highest BCUT2D eigenvalue weighted by atomic mass is 35.5. The number of pyridine rings is 1. The summed E-state index contributed by atoms with van der Waals surface area (Å²) in [5.74, 6) is 1.01. The van der Waals surface area contributed by atoms with Crippen LogP contribution in [0.5, 0.6) is 0 Å². The van der Waals surface area contributed by atoms with E-state index in [1.165, 1.54) is 0 Å². The fraction of sp³-hybridized carbons (Fsp3) is 0.333. The van der Waals surface area contributed by atoms with Crippen LogP contribution in [-0.4, -0.2) is 36.1 Å². The number of halogens is 2. The number of nitrogens with zero attached hydrogens (tertiary/aromatic N) is 4. The van der Waals surface area contributed by atoms with Gasteiger partial charge in [0.25, 0.3) is 0 Å². The lowest BCUT2D eigenvalue weighted by molar-refractivity contribution is 0.646. The first kappa shape index (κ1) is 13.7. The van der Waals surface area contributed by atoms with E-state index < -0.39 is 0 Å². The average molecular weight is 330 g/mol. The molecule has 0 atom stereocenters. The van der Waals surface area contributed by atoms with E-state index in [0.717, 1.165) is 31.3 Å². The van der Waals surface area contributed by atoms with Crippen LogP contribution in [0.2, 0.25) is 10.0 Å². The summed E-state index contributed by atoms with van der Waals surface area (Å²) in [6, 6.07) is 1.65. The topological polar surface area (TPSA) is 58.3 Å². The Morgan fingerprint density at radius 1 is 1.10 bits per heavy atom. The molecular formula is C12H13Cl2N5S. The van der Waals surface area contributed by atoms with Crippen molar-refractivity contribution in [2.45, 2.75) is 0 Å². The van der Waals surface area contributed by atoms with E-state index in [-0.39, 0.29) is 0 Å². The monoisotopic (exact) mass is 329 g/mol. The lowest BCUT2D eigenvalue weighted by atomic mass is 10.3. The van der Waals surface area contributed by atoms with Crippen molar-refractivity contribution in [3.63, 3.8) is 0 Å². The fourth-order valence-electron chi connectivity index (χ4n) is 2.17. The molecule has 0 radical (unpaired) electrons. The Bertz CT molecular complexity index is 596. The maximum atomic E-state index is 6.20. The second-order valence-corrected chi connectivity index (χ2v) is 6.14. The molecule has 3 rings (SSSR count). The third-order valence-electron chi connectivity index (χ3n) is 3.21. The van der Waals surface area contributed by atoms with Gasteiger partial charge in [0.05, 0.1) is 10.0 Å². The summed E-state index contributed by atoms with van der Waals surface area (Å²) in [5.41, 5.74) is 5.75. The van der Waals surface area contributed by atoms with Crippen molar-refractivity contribution in [3.05, 3.63) is 27.7 Å². The highest BCUT2D eigenvalue weighted by molar-refractivity contribution is 7.13. The average Bonchev–Trinajstić information content (AvgIpc) is 2.97. The van der Waals surface area contributed by atoms with Crippen molar-refractivity contribution < 1.29 is 0 Å². The Labute approximate surface area is 130 Å². The Kier molecular flexibility index (Phi) is 3.87. The van der Waals surface area contributed by atoms with Crippen LogP contribution in [0.15, 0.2) is 17.6 Å². The first-order valence-corrected chi connectivity index (χ1v) is 7.79. The van der Waals surface area contributed by atoms with Gasteiger partial charge in [-0.25, -0.2) is 9.97 Å². The molecule has 0 saturated carbocycles. The highest BCUT2D eigenvalue weighted by Gasteiger charge is 2.22. The van der Waals surface area contributed by atoms with Crippen LogP contribution < -0.4 is 15.5 Å². The number of nitrogens with two attached hydrogens (primary N) is 1. The number of hydrogen-bond donors (Lipinski definition) is 1. The summed E-state index contributed by atoms with van der Waals surface area (Å²) in [6.07, 6.45) is 1.82. The van der Waals surface area contributed by atoms with Gasteiger partial charge in [-0.05, 0) is 6.07 Å². The third kappa shape index (κ3) is 2.63. The van der Waals surface area contributed by atoms with Gasteiger partial charge in [0.1, 0.15) is 11.6 Å². The zero-order valence-electron chi connectivity index (χ0n) is 10.6. The minimum atomic E-state index is 0.313. The summed E-state index contributed by atoms with van der Waals surface area (Å²) in [5, 5.41) is 3.96. The second-order valence-electron chi connectivity index (χ2n) is 4.45. The number of anilines is 3. The largest absolute Gasteiger partial charge is 0.382 e. The summed E-state index contributed by atoms with van der Waals surface area (Å²) in [4.78, 5) is 13.0. The molecule has 2 aromatic heterocycles. The molecule has 2 aromatic rings. The SMILES string of the molecule is Nc1nc(N2CCN(c3nccs3)CC2)c(Cl)cc1Cl. The Hall–Kier alpha value is -1.24. The zero-order valence-corrected chi connectivity index (χ0v) is 12.9. The molecule has 106 valence electrons. The van der Waals surface area contributed by atoms with E-state index in [0.29, 0.717) is 21.7 Å². The molecule has 0 unspecified atom stereocenters. The number of rotatable bonds is 2. The maximum absolute atomic E-state index is 6.20. The molecule has 1 aliphatic rings. The quantitative estimate of drug-likeness (QED) is 0.918. The molecule has 1 aliphatic heterocycles. The van der Waals surface area contributed by atoms with Crippen LogP contribution in [0.4, 0.5) is 16.8 Å². The van der Waals surface area contributed by atoms with Gasteiger partial charge in [-0.1, -0.05) is 23.2 Å². The van der Waals surface area contributed by atoms with Gasteiger partial charge < -0.3 is 15.5 Å². The van der Waals surface area contributed by atoms with Crippen molar-refractivity contribution in [2.75, 3.05) is 41.7 Å². The molecule has 0 spiro atoms. The number of nitrogen functional groups attached to an aromatic ring is 1. The van der Waals surface area contributed by atoms with E-state index >= 15 is 0 Å². The van der Waals surface area contributed by atoms with Crippen LogP contribution >= 0.6 is 34.5 Å². The standard InChI is InChI=1S/C12H13Cl2N5S/c13-8-7-9(14)11(17-10(8)15)18-2-4-19(5-3-18)12-16-1-6-20-12/h1,6-7H,2-5H2,(H2,15,17). The van der Waals surface area contributed by atoms with Gasteiger partial charge in [-0.15, -0.1) is 11.3 Å². The van der Waals surface area contributed by atoms with Crippen molar-refractivity contribution in [2.24, 2.45) is 0 Å². The van der Waals surface area contributed by atoms with E-state index in [4.69, 9.17) is 28.9 Å². The Balaban J connectivity index is 1.74. The minimum absolute atomic E-state index is 0.313. The predicted molar refractivity (Wildman–Crippen MR) is 85.2 cm³/mol. The number of hydrogen-bond acceptors (Lipinski definition) is 6. The highest BCUT2D eigenvalue weighted by Crippen LogP contribution is 2.31. The molecule has 20 heavy (non-hydrogen) atoms. The summed E-state index contributed by atoms with van der Waals surface area (Å²) < 4.78 is 0. The molecule has 1 saturated heterocycles. The van der Waals surface area contributed by atoms with E-state index in [1.54, 1.807) is 17.4 Å². The van der Waals surface area contributed by atoms with E-state index in [2.05, 4.69) is 19.8 Å². The number of aromatic nitrogens is 2. The van der Waals surface area contributed by atoms with Crippen LogP contribution in [-0.2, 0) is 0 Å². The summed E-state index contributed by atoms with van der Waals surface area (Å²) in [7, 11) is 0. The van der Waals surface area contributed by atoms with Gasteiger partial charge in [0.15, 0.2) is 5.13 Å². The normalized spacial score (nSPS) is 15.7. The van der Waals surface area contributed by atoms with Crippen molar-refractivity contribution in [3.8, 4) is 0 Å². The second kappa shape index (κ2) is 5.63. The van der Waals surface area contributed by atoms with E-state index in [9.17, 15) is 0 Å². The molecule has 0 amide bonds. The lowest BCUT2D eigenvalue weighted by Gasteiger charge is -2.35. The van der Waals surface area contributed by atoms with Gasteiger partial charge in [0.2, 0.25) is 0 Å². The first-order valence-electron chi connectivity index (χ1n) is 6.16. The predicted octanol–water partition coefficient (Wildman–Crippen LogP) is 2.75. The smallest absolute Gasteiger partial charge is 0.185 e. The van der Waals surface area contributed by atoms with Gasteiger partial charge in [-0.3, -0.25) is 0 Å². The Morgan fingerprint density at radius 3 is 2.45 bits per heavy atom. The Morgan fingerprint density at radius 2 is 1.80 bits per heavy atom. The molecule has 1 fully saturated rings. The number of thiazole rings is 1. The summed E-state index contributed by atoms with van der Waals surface area (Å²) >= 11 is 13.8. The van der Waals surface area contributed by atoms with Crippen LogP contribution in [0.25, 0.3) is 0 Å². The van der Waals surface area contributed by atoms with Crippen molar-refractivity contribution >= 4 is 51.3 Å². The molecule has 0 aromatic carbocycles. The number of piperazine rings is 1. The third-order valence-corrected chi connectivity index (χ3v) is 4.62. The molecule has 2 N–H and O–H groups in total. The van der Waals surface area contributed by atoms with Crippen LogP contribution in [0.3, 0.4) is 0 Å². The van der Waals surface area contributed by atoms with Gasteiger partial charge in [0, 0.05) is 37.8 Å². The van der Waals surface area contributed by atoms with Gasteiger partial charge >= 0.3 is 0 Å². The van der Waals surface area contributed by atoms with E-state index in [1.807, 2.05) is 11.6 Å². The molecule has 0 aliphatic carbocycles. The van der Waals surface area contributed by atoms with Crippen LogP contribution in [0, 0.1) is 0 Å². The fourth-order valence-corrected chi connectivity index (χ4v) is 3.35. The molecule has 8 heteroatoms. The van der Waals surface area contributed by atoms with Gasteiger partial charge in [-0.2, -0.15) is 0 Å². The first-order chi connectivity index (χ1) is 9.65. The van der Waals surface area contributed by atoms with Crippen LogP contribution in [0.1, 0.15) is 0 Å². The zero-order chi connectivity index (χ0) is 14.1. The minimum Gasteiger partial charge on any atom is -0.382 e. The molecule has 0 bridgehead atoms. The summed E-state index contributed by atoms with van der Waals surface area (Å²) in [6.45, 7) is 3.42. The van der Waals surface area contributed by atoms with Crippen molar-refractivity contribution in [1.82, 2.24) is 9.97 Å². The molecule has 5 nitrogen and oxygen atoms in total.